The number of phenols is 1. The number of rotatable bonds is 6. The van der Waals surface area contributed by atoms with Gasteiger partial charge in [0.2, 0.25) is 0 Å². The van der Waals surface area contributed by atoms with Crippen LogP contribution in [0.25, 0.3) is 10.9 Å². The molecule has 6 nitrogen and oxygen atoms in total. The molecule has 1 aliphatic heterocycles. The SMILES string of the molecule is CNc1ccc(N2CCN(Cc3ccc(O)c4ncccc34)CC2)cc1.O=CCc1ccccc1. The molecule has 0 radical (unpaired) electrons. The molecular formula is C29H32N4O2. The van der Waals surface area contributed by atoms with Gasteiger partial charge in [0.05, 0.1) is 0 Å². The molecule has 0 aliphatic carbocycles. The summed E-state index contributed by atoms with van der Waals surface area (Å²) in [7, 11) is 1.94. The highest BCUT2D eigenvalue weighted by molar-refractivity contribution is 5.87. The van der Waals surface area contributed by atoms with Gasteiger partial charge in [-0.15, -0.1) is 0 Å². The van der Waals surface area contributed by atoms with E-state index in [9.17, 15) is 9.90 Å². The van der Waals surface area contributed by atoms with E-state index in [0.717, 1.165) is 55.6 Å². The fraction of sp³-hybridized carbons (Fsp3) is 0.241. The number of pyridine rings is 1. The van der Waals surface area contributed by atoms with Crippen molar-refractivity contribution < 1.29 is 9.90 Å². The van der Waals surface area contributed by atoms with Crippen LogP contribution >= 0.6 is 0 Å². The van der Waals surface area contributed by atoms with Crippen LogP contribution in [-0.2, 0) is 17.8 Å². The molecule has 1 aromatic heterocycles. The number of carbonyl (C=O) groups is 1. The Morgan fingerprint density at radius 2 is 1.66 bits per heavy atom. The Labute approximate surface area is 206 Å². The molecule has 1 fully saturated rings. The topological polar surface area (TPSA) is 68.7 Å². The van der Waals surface area contributed by atoms with E-state index in [1.807, 2.05) is 55.6 Å². The van der Waals surface area contributed by atoms with E-state index < -0.39 is 0 Å². The van der Waals surface area contributed by atoms with E-state index in [0.29, 0.717) is 11.9 Å². The Balaban J connectivity index is 0.000000271. The number of carbonyl (C=O) groups excluding carboxylic acids is 1. The molecule has 180 valence electrons. The zero-order chi connectivity index (χ0) is 24.5. The lowest BCUT2D eigenvalue weighted by Crippen LogP contribution is -2.45. The molecule has 0 spiro atoms. The lowest BCUT2D eigenvalue weighted by atomic mass is 10.1. The van der Waals surface area contributed by atoms with Gasteiger partial charge < -0.3 is 20.1 Å². The van der Waals surface area contributed by atoms with Crippen LogP contribution < -0.4 is 10.2 Å². The number of aromatic nitrogens is 1. The Kier molecular flexibility index (Phi) is 8.30. The molecule has 3 aromatic carbocycles. The van der Waals surface area contributed by atoms with Gasteiger partial charge in [-0.1, -0.05) is 42.5 Å². The van der Waals surface area contributed by atoms with Crippen LogP contribution in [0.1, 0.15) is 11.1 Å². The molecule has 1 saturated heterocycles. The number of aromatic hydroxyl groups is 1. The van der Waals surface area contributed by atoms with E-state index in [1.54, 1.807) is 12.3 Å². The Morgan fingerprint density at radius 1 is 0.914 bits per heavy atom. The van der Waals surface area contributed by atoms with Crippen LogP contribution in [0.15, 0.2) is 85.1 Å². The predicted molar refractivity (Wildman–Crippen MR) is 143 cm³/mol. The summed E-state index contributed by atoms with van der Waals surface area (Å²) in [5.74, 6) is 0.249. The number of nitrogens with zero attached hydrogens (tertiary/aromatic N) is 3. The fourth-order valence-electron chi connectivity index (χ4n) is 4.31. The number of anilines is 2. The van der Waals surface area contributed by atoms with Crippen LogP contribution in [0.4, 0.5) is 11.4 Å². The normalized spacial score (nSPS) is 13.7. The number of hydrogen-bond donors (Lipinski definition) is 2. The number of aldehydes is 1. The molecular weight excluding hydrogens is 436 g/mol. The molecule has 35 heavy (non-hydrogen) atoms. The molecule has 2 heterocycles. The Bertz CT molecular complexity index is 1220. The van der Waals surface area contributed by atoms with Crippen molar-refractivity contribution in [2.75, 3.05) is 43.4 Å². The molecule has 2 N–H and O–H groups in total. The van der Waals surface area contributed by atoms with Gasteiger partial charge in [-0.05, 0) is 47.5 Å². The van der Waals surface area contributed by atoms with Gasteiger partial charge in [0.1, 0.15) is 17.6 Å². The maximum Gasteiger partial charge on any atom is 0.141 e. The lowest BCUT2D eigenvalue weighted by molar-refractivity contribution is -0.107. The average molecular weight is 469 g/mol. The van der Waals surface area contributed by atoms with Crippen molar-refractivity contribution in [3.63, 3.8) is 0 Å². The molecule has 0 saturated carbocycles. The molecule has 0 atom stereocenters. The first-order valence-electron chi connectivity index (χ1n) is 12.0. The highest BCUT2D eigenvalue weighted by Crippen LogP contribution is 2.27. The number of phenolic OH excluding ortho intramolecular Hbond substituents is 1. The Hall–Kier alpha value is -3.90. The van der Waals surface area contributed by atoms with Crippen molar-refractivity contribution in [3.05, 3.63) is 96.2 Å². The first kappa shape index (κ1) is 24.2. The standard InChI is InChI=1S/C21H24N4O.C8H8O/c1-22-17-5-7-18(8-6-17)25-13-11-24(12-14-25)15-16-4-9-20(26)21-19(16)3-2-10-23-21;9-7-6-8-4-2-1-3-5-8/h2-10,22,26H,11-15H2,1H3;1-5,7H,6H2. The third kappa shape index (κ3) is 6.37. The van der Waals surface area contributed by atoms with E-state index in [2.05, 4.69) is 44.4 Å². The maximum atomic E-state index is 10.0. The molecule has 1 aliphatic rings. The van der Waals surface area contributed by atoms with Crippen molar-refractivity contribution in [1.82, 2.24) is 9.88 Å². The molecule has 0 unspecified atom stereocenters. The number of hydrogen-bond acceptors (Lipinski definition) is 6. The lowest BCUT2D eigenvalue weighted by Gasteiger charge is -2.36. The highest BCUT2D eigenvalue weighted by Gasteiger charge is 2.18. The number of fused-ring (bicyclic) bond motifs is 1. The number of piperazine rings is 1. The summed E-state index contributed by atoms with van der Waals surface area (Å²) in [6, 6.07) is 26.0. The van der Waals surface area contributed by atoms with Crippen LogP contribution in [0, 0.1) is 0 Å². The minimum Gasteiger partial charge on any atom is -0.506 e. The van der Waals surface area contributed by atoms with Crippen LogP contribution in [0.5, 0.6) is 5.75 Å². The van der Waals surface area contributed by atoms with Gasteiger partial charge in [-0.3, -0.25) is 9.88 Å². The Morgan fingerprint density at radius 3 is 2.34 bits per heavy atom. The molecule has 4 aromatic rings. The van der Waals surface area contributed by atoms with E-state index >= 15 is 0 Å². The summed E-state index contributed by atoms with van der Waals surface area (Å²) in [6.07, 6.45) is 3.17. The zero-order valence-corrected chi connectivity index (χ0v) is 20.1. The van der Waals surface area contributed by atoms with Crippen LogP contribution in [-0.4, -0.2) is 54.5 Å². The van der Waals surface area contributed by atoms with Gasteiger partial charge in [0, 0.05) is 69.2 Å². The minimum atomic E-state index is 0.249. The molecule has 0 amide bonds. The summed E-state index contributed by atoms with van der Waals surface area (Å²) < 4.78 is 0. The van der Waals surface area contributed by atoms with Crippen molar-refractivity contribution in [2.45, 2.75) is 13.0 Å². The van der Waals surface area contributed by atoms with Gasteiger partial charge in [0.15, 0.2) is 0 Å². The molecule has 0 bridgehead atoms. The second kappa shape index (κ2) is 12.0. The van der Waals surface area contributed by atoms with Gasteiger partial charge in [-0.2, -0.15) is 0 Å². The third-order valence-electron chi connectivity index (χ3n) is 6.29. The zero-order valence-electron chi connectivity index (χ0n) is 20.1. The molecule has 5 rings (SSSR count). The second-order valence-corrected chi connectivity index (χ2v) is 8.56. The van der Waals surface area contributed by atoms with Gasteiger partial charge in [0.25, 0.3) is 0 Å². The number of benzene rings is 3. The van der Waals surface area contributed by atoms with Crippen LogP contribution in [0.3, 0.4) is 0 Å². The maximum absolute atomic E-state index is 10.0. The van der Waals surface area contributed by atoms with E-state index in [1.165, 1.54) is 11.3 Å². The fourth-order valence-corrected chi connectivity index (χ4v) is 4.31. The summed E-state index contributed by atoms with van der Waals surface area (Å²) in [4.78, 5) is 19.2. The van der Waals surface area contributed by atoms with Gasteiger partial charge in [-0.25, -0.2) is 0 Å². The van der Waals surface area contributed by atoms with E-state index in [4.69, 9.17) is 0 Å². The van der Waals surface area contributed by atoms with Crippen molar-refractivity contribution in [2.24, 2.45) is 0 Å². The predicted octanol–water partition coefficient (Wildman–Crippen LogP) is 4.73. The molecule has 6 heteroatoms. The average Bonchev–Trinajstić information content (AvgIpc) is 2.92. The summed E-state index contributed by atoms with van der Waals surface area (Å²) in [5, 5.41) is 14.2. The number of nitrogens with one attached hydrogen (secondary N) is 1. The van der Waals surface area contributed by atoms with Crippen molar-refractivity contribution in [3.8, 4) is 5.75 Å². The minimum absolute atomic E-state index is 0.249. The van der Waals surface area contributed by atoms with Crippen LogP contribution in [0.2, 0.25) is 0 Å². The van der Waals surface area contributed by atoms with Crippen molar-refractivity contribution >= 4 is 28.6 Å². The largest absolute Gasteiger partial charge is 0.506 e. The first-order valence-corrected chi connectivity index (χ1v) is 12.0. The monoisotopic (exact) mass is 468 g/mol. The summed E-state index contributed by atoms with van der Waals surface area (Å²) in [5.41, 5.74) is 5.40. The smallest absolute Gasteiger partial charge is 0.141 e. The second-order valence-electron chi connectivity index (χ2n) is 8.56. The third-order valence-corrected chi connectivity index (χ3v) is 6.29. The highest BCUT2D eigenvalue weighted by atomic mass is 16.3. The quantitative estimate of drug-likeness (QED) is 0.399. The van der Waals surface area contributed by atoms with Crippen molar-refractivity contribution in [1.29, 1.82) is 0 Å². The summed E-state index contributed by atoms with van der Waals surface area (Å²) in [6.45, 7) is 4.97. The summed E-state index contributed by atoms with van der Waals surface area (Å²) >= 11 is 0. The van der Waals surface area contributed by atoms with Gasteiger partial charge >= 0.3 is 0 Å². The van der Waals surface area contributed by atoms with E-state index in [-0.39, 0.29) is 5.75 Å². The first-order chi connectivity index (χ1) is 17.2.